The molecule has 0 unspecified atom stereocenters. The standard InChI is InChI=1S/C12H18N4O4/c1-3-20-12(18)11-9(2)16(14-13-11)8-10(17)15-4-6-19-7-5-15/h3-8H2,1-2H3. The van der Waals surface area contributed by atoms with Crippen LogP contribution in [0.3, 0.4) is 0 Å². The Hall–Kier alpha value is -1.96. The topological polar surface area (TPSA) is 86.5 Å². The van der Waals surface area contributed by atoms with Crippen molar-refractivity contribution in [3.8, 4) is 0 Å². The lowest BCUT2D eigenvalue weighted by atomic mass is 10.3. The fourth-order valence-corrected chi connectivity index (χ4v) is 1.94. The van der Waals surface area contributed by atoms with Crippen LogP contribution in [0, 0.1) is 6.92 Å². The molecule has 110 valence electrons. The number of carbonyl (C=O) groups excluding carboxylic acids is 2. The summed E-state index contributed by atoms with van der Waals surface area (Å²) >= 11 is 0. The maximum absolute atomic E-state index is 12.1. The normalized spacial score (nSPS) is 15.2. The molecule has 1 aromatic rings. The third-order valence-electron chi connectivity index (χ3n) is 3.10. The Kier molecular flexibility index (Phi) is 4.67. The molecule has 2 heterocycles. The molecular weight excluding hydrogens is 264 g/mol. The van der Waals surface area contributed by atoms with Crippen LogP contribution in [0.4, 0.5) is 0 Å². The van der Waals surface area contributed by atoms with E-state index in [2.05, 4.69) is 10.3 Å². The fourth-order valence-electron chi connectivity index (χ4n) is 1.94. The van der Waals surface area contributed by atoms with Crippen molar-refractivity contribution in [2.75, 3.05) is 32.9 Å². The summed E-state index contributed by atoms with van der Waals surface area (Å²) in [5, 5.41) is 7.62. The van der Waals surface area contributed by atoms with Gasteiger partial charge in [0.25, 0.3) is 0 Å². The molecule has 0 N–H and O–H groups in total. The SMILES string of the molecule is CCOC(=O)c1nnn(CC(=O)N2CCOCC2)c1C. The van der Waals surface area contributed by atoms with Crippen molar-refractivity contribution in [3.63, 3.8) is 0 Å². The minimum Gasteiger partial charge on any atom is -0.461 e. The first-order valence-electron chi connectivity index (χ1n) is 6.56. The highest BCUT2D eigenvalue weighted by Crippen LogP contribution is 2.07. The van der Waals surface area contributed by atoms with Gasteiger partial charge in [-0.3, -0.25) is 4.79 Å². The number of amides is 1. The molecule has 0 spiro atoms. The second kappa shape index (κ2) is 6.47. The molecule has 0 atom stereocenters. The molecule has 0 saturated carbocycles. The number of carbonyl (C=O) groups is 2. The van der Waals surface area contributed by atoms with Crippen LogP contribution >= 0.6 is 0 Å². The molecule has 20 heavy (non-hydrogen) atoms. The summed E-state index contributed by atoms with van der Waals surface area (Å²) in [5.41, 5.74) is 0.687. The van der Waals surface area contributed by atoms with Gasteiger partial charge in [-0.1, -0.05) is 5.21 Å². The Morgan fingerprint density at radius 3 is 2.70 bits per heavy atom. The van der Waals surface area contributed by atoms with Gasteiger partial charge in [-0.25, -0.2) is 9.48 Å². The third-order valence-corrected chi connectivity index (χ3v) is 3.10. The van der Waals surface area contributed by atoms with Crippen molar-refractivity contribution in [2.24, 2.45) is 0 Å². The van der Waals surface area contributed by atoms with Gasteiger partial charge in [-0.2, -0.15) is 0 Å². The molecule has 1 aliphatic heterocycles. The van der Waals surface area contributed by atoms with Gasteiger partial charge in [0.05, 0.1) is 25.5 Å². The lowest BCUT2D eigenvalue weighted by Gasteiger charge is -2.26. The zero-order chi connectivity index (χ0) is 14.5. The van der Waals surface area contributed by atoms with Gasteiger partial charge < -0.3 is 14.4 Å². The summed E-state index contributed by atoms with van der Waals surface area (Å²) in [6, 6.07) is 0. The van der Waals surface area contributed by atoms with Gasteiger partial charge >= 0.3 is 5.97 Å². The smallest absolute Gasteiger partial charge is 0.360 e. The van der Waals surface area contributed by atoms with E-state index in [-0.39, 0.29) is 24.8 Å². The van der Waals surface area contributed by atoms with Gasteiger partial charge in [-0.05, 0) is 13.8 Å². The summed E-state index contributed by atoms with van der Waals surface area (Å²) in [5.74, 6) is -0.577. The van der Waals surface area contributed by atoms with Gasteiger partial charge in [0, 0.05) is 13.1 Å². The van der Waals surface area contributed by atoms with E-state index in [1.807, 2.05) is 0 Å². The van der Waals surface area contributed by atoms with Crippen molar-refractivity contribution < 1.29 is 19.1 Å². The largest absolute Gasteiger partial charge is 0.461 e. The molecule has 1 aromatic heterocycles. The lowest BCUT2D eigenvalue weighted by Crippen LogP contribution is -2.42. The molecule has 1 fully saturated rings. The number of rotatable bonds is 4. The maximum atomic E-state index is 12.1. The molecule has 0 radical (unpaired) electrons. The monoisotopic (exact) mass is 282 g/mol. The average molecular weight is 282 g/mol. The van der Waals surface area contributed by atoms with Crippen LogP contribution in [0.25, 0.3) is 0 Å². The summed E-state index contributed by atoms with van der Waals surface area (Å²) in [6.45, 7) is 6.02. The average Bonchev–Trinajstić information content (AvgIpc) is 2.81. The van der Waals surface area contributed by atoms with E-state index in [1.54, 1.807) is 18.7 Å². The number of ether oxygens (including phenoxy) is 2. The van der Waals surface area contributed by atoms with Gasteiger partial charge in [0.15, 0.2) is 5.69 Å². The number of nitrogens with zero attached hydrogens (tertiary/aromatic N) is 4. The Morgan fingerprint density at radius 2 is 2.05 bits per heavy atom. The minimum absolute atomic E-state index is 0.0586. The van der Waals surface area contributed by atoms with Crippen LogP contribution in [-0.2, 0) is 20.8 Å². The summed E-state index contributed by atoms with van der Waals surface area (Å²) in [4.78, 5) is 25.4. The van der Waals surface area contributed by atoms with Crippen LogP contribution in [0.5, 0.6) is 0 Å². The van der Waals surface area contributed by atoms with Crippen LogP contribution in [-0.4, -0.2) is 64.7 Å². The van der Waals surface area contributed by atoms with Crippen molar-refractivity contribution in [2.45, 2.75) is 20.4 Å². The quantitative estimate of drug-likeness (QED) is 0.700. The van der Waals surface area contributed by atoms with E-state index in [0.29, 0.717) is 32.0 Å². The van der Waals surface area contributed by atoms with E-state index in [4.69, 9.17) is 9.47 Å². The first kappa shape index (κ1) is 14.4. The number of hydrogen-bond acceptors (Lipinski definition) is 6. The predicted octanol–water partition coefficient (Wildman–Crippen LogP) is -0.378. The van der Waals surface area contributed by atoms with Crippen molar-refractivity contribution in [3.05, 3.63) is 11.4 Å². The second-order valence-electron chi connectivity index (χ2n) is 4.39. The highest BCUT2D eigenvalue weighted by Gasteiger charge is 2.21. The van der Waals surface area contributed by atoms with E-state index >= 15 is 0 Å². The van der Waals surface area contributed by atoms with E-state index in [9.17, 15) is 9.59 Å². The Bertz CT molecular complexity index is 494. The van der Waals surface area contributed by atoms with E-state index in [1.165, 1.54) is 4.68 Å². The third kappa shape index (κ3) is 3.13. The maximum Gasteiger partial charge on any atom is 0.360 e. The first-order chi connectivity index (χ1) is 9.63. The van der Waals surface area contributed by atoms with E-state index < -0.39 is 5.97 Å². The highest BCUT2D eigenvalue weighted by atomic mass is 16.5. The molecule has 0 aliphatic carbocycles. The second-order valence-corrected chi connectivity index (χ2v) is 4.39. The molecule has 1 aliphatic rings. The summed E-state index contributed by atoms with van der Waals surface area (Å²) in [7, 11) is 0. The number of morpholine rings is 1. The van der Waals surface area contributed by atoms with Crippen molar-refractivity contribution >= 4 is 11.9 Å². The molecule has 8 heteroatoms. The molecule has 1 saturated heterocycles. The summed E-state index contributed by atoms with van der Waals surface area (Å²) < 4.78 is 11.5. The number of esters is 1. The van der Waals surface area contributed by atoms with Gasteiger partial charge in [0.1, 0.15) is 6.54 Å². The summed E-state index contributed by atoms with van der Waals surface area (Å²) in [6.07, 6.45) is 0. The molecule has 0 bridgehead atoms. The Labute approximate surface area is 116 Å². The van der Waals surface area contributed by atoms with Gasteiger partial charge in [0.2, 0.25) is 5.91 Å². The zero-order valence-corrected chi connectivity index (χ0v) is 11.7. The Morgan fingerprint density at radius 1 is 1.35 bits per heavy atom. The number of aromatic nitrogens is 3. The van der Waals surface area contributed by atoms with Crippen LogP contribution in [0.1, 0.15) is 23.1 Å². The van der Waals surface area contributed by atoms with Crippen molar-refractivity contribution in [1.29, 1.82) is 0 Å². The predicted molar refractivity (Wildman–Crippen MR) is 68.1 cm³/mol. The highest BCUT2D eigenvalue weighted by molar-refractivity contribution is 5.88. The minimum atomic E-state index is -0.518. The van der Waals surface area contributed by atoms with Crippen LogP contribution < -0.4 is 0 Å². The van der Waals surface area contributed by atoms with Crippen LogP contribution in [0.2, 0.25) is 0 Å². The van der Waals surface area contributed by atoms with E-state index in [0.717, 1.165) is 0 Å². The molecule has 2 rings (SSSR count). The Balaban J connectivity index is 2.02. The first-order valence-corrected chi connectivity index (χ1v) is 6.56. The number of hydrogen-bond donors (Lipinski definition) is 0. The molecule has 8 nitrogen and oxygen atoms in total. The van der Waals surface area contributed by atoms with Crippen LogP contribution in [0.15, 0.2) is 0 Å². The fraction of sp³-hybridized carbons (Fsp3) is 0.667. The van der Waals surface area contributed by atoms with Gasteiger partial charge in [-0.15, -0.1) is 5.10 Å². The zero-order valence-electron chi connectivity index (χ0n) is 11.7. The molecule has 0 aromatic carbocycles. The lowest BCUT2D eigenvalue weighted by molar-refractivity contribution is -0.136. The van der Waals surface area contributed by atoms with Crippen molar-refractivity contribution in [1.82, 2.24) is 19.9 Å². The molecule has 1 amide bonds. The molecular formula is C12H18N4O4.